The van der Waals surface area contributed by atoms with Gasteiger partial charge in [-0.3, -0.25) is 4.57 Å². The van der Waals surface area contributed by atoms with Gasteiger partial charge in [0.05, 0.1) is 12.2 Å². The lowest BCUT2D eigenvalue weighted by Crippen LogP contribution is -2.27. The fraction of sp³-hybridized carbons (Fsp3) is 0.421. The molecule has 1 atom stereocenters. The molecule has 148 valence electrons. The Bertz CT molecular complexity index is 981. The summed E-state index contributed by atoms with van der Waals surface area (Å²) >= 11 is 6.16. The van der Waals surface area contributed by atoms with Gasteiger partial charge < -0.3 is 21.7 Å². The van der Waals surface area contributed by atoms with E-state index in [2.05, 4.69) is 46.3 Å². The summed E-state index contributed by atoms with van der Waals surface area (Å²) in [6.45, 7) is 8.07. The van der Waals surface area contributed by atoms with Gasteiger partial charge in [-0.15, -0.1) is 0 Å². The predicted octanol–water partition coefficient (Wildman–Crippen LogP) is 3.55. The maximum atomic E-state index is 6.16. The number of rotatable bonds is 4. The Labute approximate surface area is 168 Å². The summed E-state index contributed by atoms with van der Waals surface area (Å²) in [6.07, 6.45) is 2.76. The van der Waals surface area contributed by atoms with Crippen molar-refractivity contribution < 1.29 is 0 Å². The molecule has 4 rings (SSSR count). The summed E-state index contributed by atoms with van der Waals surface area (Å²) in [6, 6.07) is 5.63. The van der Waals surface area contributed by atoms with Crippen LogP contribution in [0.25, 0.3) is 11.2 Å². The fourth-order valence-corrected chi connectivity index (χ4v) is 3.64. The zero-order chi connectivity index (χ0) is 19.9. The molecule has 0 bridgehead atoms. The van der Waals surface area contributed by atoms with Crippen molar-refractivity contribution in [3.63, 3.8) is 0 Å². The number of nitrogen functional groups attached to an aromatic ring is 1. The Balaban J connectivity index is 1.79. The van der Waals surface area contributed by atoms with Crippen LogP contribution in [-0.4, -0.2) is 38.1 Å². The van der Waals surface area contributed by atoms with Crippen molar-refractivity contribution in [3.05, 3.63) is 29.4 Å². The molecule has 3 aromatic rings. The maximum absolute atomic E-state index is 6.16. The summed E-state index contributed by atoms with van der Waals surface area (Å²) < 4.78 is 2.14. The lowest BCUT2D eigenvalue weighted by Gasteiger charge is -2.20. The summed E-state index contributed by atoms with van der Waals surface area (Å²) in [4.78, 5) is 13.9. The number of hydrogen-bond donors (Lipinski definition) is 4. The molecule has 5 N–H and O–H groups in total. The third-order valence-electron chi connectivity index (χ3n) is 4.50. The first-order chi connectivity index (χ1) is 13.3. The van der Waals surface area contributed by atoms with E-state index in [0.29, 0.717) is 22.6 Å². The van der Waals surface area contributed by atoms with Gasteiger partial charge in [-0.05, 0) is 51.9 Å². The Hall–Kier alpha value is -2.58. The van der Waals surface area contributed by atoms with Gasteiger partial charge in [0.1, 0.15) is 5.52 Å². The number of benzene rings is 1. The van der Waals surface area contributed by atoms with E-state index in [-0.39, 0.29) is 11.6 Å². The highest BCUT2D eigenvalue weighted by atomic mass is 35.5. The Morgan fingerprint density at radius 1 is 1.25 bits per heavy atom. The van der Waals surface area contributed by atoms with E-state index >= 15 is 0 Å². The van der Waals surface area contributed by atoms with E-state index in [9.17, 15) is 0 Å². The number of nitrogens with one attached hydrogen (secondary N) is 3. The van der Waals surface area contributed by atoms with Crippen molar-refractivity contribution >= 4 is 46.0 Å². The van der Waals surface area contributed by atoms with Crippen LogP contribution in [0.15, 0.2) is 24.4 Å². The molecule has 0 spiro atoms. The molecule has 0 amide bonds. The maximum Gasteiger partial charge on any atom is 0.225 e. The Kier molecular flexibility index (Phi) is 4.76. The molecular formula is C19H25ClN8. The van der Waals surface area contributed by atoms with E-state index in [4.69, 9.17) is 27.3 Å². The van der Waals surface area contributed by atoms with Crippen molar-refractivity contribution in [2.75, 3.05) is 29.5 Å². The molecule has 1 unspecified atom stereocenters. The average Bonchev–Trinajstić information content (AvgIpc) is 3.19. The van der Waals surface area contributed by atoms with Crippen LogP contribution in [0.3, 0.4) is 0 Å². The fourth-order valence-electron chi connectivity index (χ4n) is 3.39. The molecule has 1 saturated heterocycles. The lowest BCUT2D eigenvalue weighted by molar-refractivity contribution is 0.564. The van der Waals surface area contributed by atoms with Crippen molar-refractivity contribution in [3.8, 4) is 0 Å². The zero-order valence-corrected chi connectivity index (χ0v) is 17.0. The number of hydrogen-bond acceptors (Lipinski definition) is 7. The molecule has 1 fully saturated rings. The second-order valence-electron chi connectivity index (χ2n) is 8.13. The van der Waals surface area contributed by atoms with Crippen LogP contribution >= 0.6 is 11.6 Å². The number of halogens is 1. The van der Waals surface area contributed by atoms with Gasteiger partial charge in [-0.25, -0.2) is 9.97 Å². The quantitative estimate of drug-likeness (QED) is 0.496. The number of anilines is 4. The average molecular weight is 401 g/mol. The lowest BCUT2D eigenvalue weighted by atomic mass is 10.1. The minimum Gasteiger partial charge on any atom is -0.399 e. The highest BCUT2D eigenvalue weighted by molar-refractivity contribution is 6.31. The van der Waals surface area contributed by atoms with Gasteiger partial charge in [-0.2, -0.15) is 4.98 Å². The molecule has 2 aromatic heterocycles. The van der Waals surface area contributed by atoms with Crippen LogP contribution in [0.2, 0.25) is 5.02 Å². The van der Waals surface area contributed by atoms with Gasteiger partial charge in [0.15, 0.2) is 5.65 Å². The highest BCUT2D eigenvalue weighted by Gasteiger charge is 2.24. The second kappa shape index (κ2) is 7.10. The molecule has 3 heterocycles. The third kappa shape index (κ3) is 3.98. The summed E-state index contributed by atoms with van der Waals surface area (Å²) in [5.74, 6) is 1.29. The van der Waals surface area contributed by atoms with Gasteiger partial charge in [0.2, 0.25) is 11.9 Å². The van der Waals surface area contributed by atoms with E-state index in [1.54, 1.807) is 12.3 Å². The number of nitrogens with two attached hydrogens (primary N) is 1. The van der Waals surface area contributed by atoms with E-state index < -0.39 is 0 Å². The van der Waals surface area contributed by atoms with Crippen LogP contribution in [0.1, 0.15) is 33.2 Å². The molecule has 0 radical (unpaired) electrons. The van der Waals surface area contributed by atoms with E-state index in [1.165, 1.54) is 0 Å². The first kappa shape index (κ1) is 18.8. The Morgan fingerprint density at radius 2 is 2.07 bits per heavy atom. The third-order valence-corrected chi connectivity index (χ3v) is 4.71. The smallest absolute Gasteiger partial charge is 0.225 e. The minimum atomic E-state index is -0.132. The highest BCUT2D eigenvalue weighted by Crippen LogP contribution is 2.30. The summed E-state index contributed by atoms with van der Waals surface area (Å²) in [7, 11) is 0. The SMILES string of the molecule is CC(C)(C)Nc1ncc2nc(Nc3cc(N)cc(Cl)c3)n(C3CCNC3)c2n1. The van der Waals surface area contributed by atoms with Gasteiger partial charge >= 0.3 is 0 Å². The molecule has 9 heteroatoms. The minimum absolute atomic E-state index is 0.132. The second-order valence-corrected chi connectivity index (χ2v) is 8.56. The molecule has 1 aliphatic rings. The van der Waals surface area contributed by atoms with Crippen molar-refractivity contribution in [1.82, 2.24) is 24.8 Å². The van der Waals surface area contributed by atoms with Gasteiger partial charge in [-0.1, -0.05) is 11.6 Å². The van der Waals surface area contributed by atoms with Gasteiger partial charge in [0, 0.05) is 28.5 Å². The monoisotopic (exact) mass is 400 g/mol. The number of nitrogens with zero attached hydrogens (tertiary/aromatic N) is 4. The first-order valence-corrected chi connectivity index (χ1v) is 9.73. The number of imidazole rings is 1. The zero-order valence-electron chi connectivity index (χ0n) is 16.3. The molecule has 1 aliphatic heterocycles. The Morgan fingerprint density at radius 3 is 2.75 bits per heavy atom. The standard InChI is InChI=1S/C19H25ClN8/c1-19(2,3)27-17-23-10-15-16(26-17)28(14-4-5-22-9-14)18(25-15)24-13-7-11(20)6-12(21)8-13/h6-8,10,14,22H,4-5,9,21H2,1-3H3,(H,24,25)(H,23,26,27). The topological polar surface area (TPSA) is 106 Å². The summed E-state index contributed by atoms with van der Waals surface area (Å²) in [5, 5.41) is 10.7. The van der Waals surface area contributed by atoms with Crippen LogP contribution < -0.4 is 21.7 Å². The van der Waals surface area contributed by atoms with Crippen LogP contribution in [0.4, 0.5) is 23.3 Å². The molecule has 0 aliphatic carbocycles. The number of fused-ring (bicyclic) bond motifs is 1. The van der Waals surface area contributed by atoms with Crippen LogP contribution in [-0.2, 0) is 0 Å². The molecule has 1 aromatic carbocycles. The summed E-state index contributed by atoms with van der Waals surface area (Å²) in [5.41, 5.74) is 8.72. The number of aromatic nitrogens is 4. The van der Waals surface area contributed by atoms with E-state index in [1.807, 2.05) is 12.1 Å². The van der Waals surface area contributed by atoms with Crippen molar-refractivity contribution in [2.45, 2.75) is 38.8 Å². The van der Waals surface area contributed by atoms with Gasteiger partial charge in [0.25, 0.3) is 0 Å². The van der Waals surface area contributed by atoms with Crippen molar-refractivity contribution in [2.24, 2.45) is 0 Å². The molecule has 0 saturated carbocycles. The van der Waals surface area contributed by atoms with Crippen LogP contribution in [0, 0.1) is 0 Å². The normalized spacial score (nSPS) is 17.2. The van der Waals surface area contributed by atoms with Crippen molar-refractivity contribution in [1.29, 1.82) is 0 Å². The molecular weight excluding hydrogens is 376 g/mol. The van der Waals surface area contributed by atoms with E-state index in [0.717, 1.165) is 36.4 Å². The predicted molar refractivity (Wildman–Crippen MR) is 114 cm³/mol. The molecule has 8 nitrogen and oxygen atoms in total. The largest absolute Gasteiger partial charge is 0.399 e. The van der Waals surface area contributed by atoms with Crippen LogP contribution in [0.5, 0.6) is 0 Å². The molecule has 28 heavy (non-hydrogen) atoms. The first-order valence-electron chi connectivity index (χ1n) is 9.35.